The molecule has 0 saturated carbocycles. The smallest absolute Gasteiger partial charge is 0.371 e. The standard InChI is InChI=1S/C7H14BBrNO/c9-6-4-2-1-3-5-8-11-7-10/h7,10H,1-6H2. The Bertz CT molecular complexity index is 92.5. The van der Waals surface area contributed by atoms with Crippen molar-refractivity contribution in [3.63, 3.8) is 0 Å². The Morgan fingerprint density at radius 3 is 2.64 bits per heavy atom. The van der Waals surface area contributed by atoms with Crippen molar-refractivity contribution in [3.8, 4) is 0 Å². The van der Waals surface area contributed by atoms with Gasteiger partial charge >= 0.3 is 7.48 Å². The van der Waals surface area contributed by atoms with Gasteiger partial charge in [-0.3, -0.25) is 5.41 Å². The molecule has 0 bridgehead atoms. The van der Waals surface area contributed by atoms with Gasteiger partial charge in [-0.05, 0) is 12.7 Å². The van der Waals surface area contributed by atoms with E-state index < -0.39 is 0 Å². The molecule has 0 aromatic heterocycles. The molecule has 0 aliphatic rings. The number of nitrogens with one attached hydrogen (secondary N) is 1. The molecule has 0 heterocycles. The molecule has 63 valence electrons. The SMILES string of the molecule is N=CO[B]CCCCCCBr. The van der Waals surface area contributed by atoms with Crippen LogP contribution in [0.15, 0.2) is 0 Å². The summed E-state index contributed by atoms with van der Waals surface area (Å²) >= 11 is 3.38. The maximum atomic E-state index is 6.56. The van der Waals surface area contributed by atoms with Crippen LogP contribution in [0.4, 0.5) is 0 Å². The molecule has 0 atom stereocenters. The first kappa shape index (κ1) is 11.0. The summed E-state index contributed by atoms with van der Waals surface area (Å²) in [6.07, 6.45) is 6.87. The quantitative estimate of drug-likeness (QED) is 0.220. The third-order valence-corrected chi connectivity index (χ3v) is 1.93. The molecule has 0 amide bonds. The Labute approximate surface area is 77.6 Å². The normalized spacial score (nSPS) is 9.18. The molecule has 0 aliphatic carbocycles. The monoisotopic (exact) mass is 218 g/mol. The molecule has 0 aliphatic heterocycles. The number of rotatable bonds is 8. The topological polar surface area (TPSA) is 33.1 Å². The van der Waals surface area contributed by atoms with E-state index in [0.717, 1.165) is 18.1 Å². The van der Waals surface area contributed by atoms with Crippen LogP contribution in [0.1, 0.15) is 25.7 Å². The molecule has 1 N–H and O–H groups in total. The van der Waals surface area contributed by atoms with E-state index in [1.807, 2.05) is 0 Å². The molecule has 11 heavy (non-hydrogen) atoms. The van der Waals surface area contributed by atoms with Crippen LogP contribution in [0.3, 0.4) is 0 Å². The summed E-state index contributed by atoms with van der Waals surface area (Å²) in [5, 5.41) is 7.67. The molecule has 0 unspecified atom stereocenters. The van der Waals surface area contributed by atoms with Crippen molar-refractivity contribution in [2.24, 2.45) is 0 Å². The lowest BCUT2D eigenvalue weighted by atomic mass is 9.91. The van der Waals surface area contributed by atoms with Crippen molar-refractivity contribution in [1.82, 2.24) is 0 Å². The molecular weight excluding hydrogens is 205 g/mol. The Hall–Kier alpha value is 0.0149. The maximum Gasteiger partial charge on any atom is 0.371 e. The molecule has 0 aromatic carbocycles. The van der Waals surface area contributed by atoms with E-state index in [0.29, 0.717) is 0 Å². The molecule has 0 rings (SSSR count). The Balaban J connectivity index is 2.74. The zero-order valence-corrected chi connectivity index (χ0v) is 8.27. The Kier molecular flexibility index (Phi) is 10.0. The minimum absolute atomic E-state index is 0.956. The third kappa shape index (κ3) is 10.0. The predicted octanol–water partition coefficient (Wildman–Crippen LogP) is 2.60. The van der Waals surface area contributed by atoms with Crippen LogP contribution in [-0.4, -0.2) is 19.2 Å². The fourth-order valence-corrected chi connectivity index (χ4v) is 1.19. The lowest BCUT2D eigenvalue weighted by Gasteiger charge is -1.97. The van der Waals surface area contributed by atoms with E-state index in [2.05, 4.69) is 20.6 Å². The predicted molar refractivity (Wildman–Crippen MR) is 52.7 cm³/mol. The fraction of sp³-hybridized carbons (Fsp3) is 0.857. The second kappa shape index (κ2) is 10.0. The summed E-state index contributed by atoms with van der Waals surface area (Å²) in [6.45, 7) is 0. The van der Waals surface area contributed by atoms with Crippen molar-refractivity contribution < 1.29 is 4.65 Å². The number of alkyl halides is 1. The van der Waals surface area contributed by atoms with Crippen LogP contribution >= 0.6 is 15.9 Å². The van der Waals surface area contributed by atoms with Crippen LogP contribution in [0, 0.1) is 5.41 Å². The molecule has 0 saturated heterocycles. The van der Waals surface area contributed by atoms with E-state index in [1.54, 1.807) is 7.48 Å². The van der Waals surface area contributed by atoms with Crippen molar-refractivity contribution >= 4 is 29.8 Å². The average Bonchev–Trinajstić information content (AvgIpc) is 2.03. The van der Waals surface area contributed by atoms with E-state index in [9.17, 15) is 0 Å². The van der Waals surface area contributed by atoms with Gasteiger partial charge in [-0.2, -0.15) is 0 Å². The fourth-order valence-electron chi connectivity index (χ4n) is 0.792. The minimum Gasteiger partial charge on any atom is -0.556 e. The molecule has 4 heteroatoms. The number of halogens is 1. The number of hydrogen-bond acceptors (Lipinski definition) is 2. The summed E-state index contributed by atoms with van der Waals surface area (Å²) in [4.78, 5) is 0. The van der Waals surface area contributed by atoms with Gasteiger partial charge < -0.3 is 4.65 Å². The van der Waals surface area contributed by atoms with Crippen molar-refractivity contribution in [1.29, 1.82) is 5.41 Å². The van der Waals surface area contributed by atoms with E-state index in [1.165, 1.54) is 25.7 Å². The molecule has 0 spiro atoms. The second-order valence-electron chi connectivity index (χ2n) is 2.31. The summed E-state index contributed by atoms with van der Waals surface area (Å²) in [7, 11) is 1.68. The van der Waals surface area contributed by atoms with Gasteiger partial charge in [0, 0.05) is 5.33 Å². The Morgan fingerprint density at radius 2 is 2.00 bits per heavy atom. The van der Waals surface area contributed by atoms with Crippen molar-refractivity contribution in [2.45, 2.75) is 32.0 Å². The van der Waals surface area contributed by atoms with Crippen LogP contribution in [0.2, 0.25) is 6.32 Å². The molecule has 1 radical (unpaired) electrons. The highest BCUT2D eigenvalue weighted by Crippen LogP contribution is 2.04. The lowest BCUT2D eigenvalue weighted by molar-refractivity contribution is 0.597. The lowest BCUT2D eigenvalue weighted by Crippen LogP contribution is -1.94. The minimum atomic E-state index is 0.956. The van der Waals surface area contributed by atoms with Crippen LogP contribution in [0.25, 0.3) is 0 Å². The summed E-state index contributed by atoms with van der Waals surface area (Å²) < 4.78 is 4.65. The van der Waals surface area contributed by atoms with Gasteiger partial charge in [-0.25, -0.2) is 0 Å². The van der Waals surface area contributed by atoms with Crippen LogP contribution < -0.4 is 0 Å². The van der Waals surface area contributed by atoms with Gasteiger partial charge in [-0.1, -0.05) is 35.2 Å². The van der Waals surface area contributed by atoms with Gasteiger partial charge in [-0.15, -0.1) is 0 Å². The average molecular weight is 219 g/mol. The van der Waals surface area contributed by atoms with E-state index >= 15 is 0 Å². The van der Waals surface area contributed by atoms with E-state index in [-0.39, 0.29) is 0 Å². The van der Waals surface area contributed by atoms with E-state index in [4.69, 9.17) is 5.41 Å². The molecule has 0 fully saturated rings. The van der Waals surface area contributed by atoms with Gasteiger partial charge in [0.15, 0.2) is 0 Å². The highest BCUT2D eigenvalue weighted by Gasteiger charge is 1.92. The zero-order valence-electron chi connectivity index (χ0n) is 6.68. The van der Waals surface area contributed by atoms with Crippen molar-refractivity contribution in [3.05, 3.63) is 0 Å². The number of hydrogen-bond donors (Lipinski definition) is 1. The van der Waals surface area contributed by atoms with Crippen LogP contribution in [-0.2, 0) is 4.65 Å². The Morgan fingerprint density at radius 1 is 1.27 bits per heavy atom. The largest absolute Gasteiger partial charge is 0.556 e. The van der Waals surface area contributed by atoms with Gasteiger partial charge in [0.1, 0.15) is 6.40 Å². The maximum absolute atomic E-state index is 6.56. The van der Waals surface area contributed by atoms with Crippen LogP contribution in [0.5, 0.6) is 0 Å². The van der Waals surface area contributed by atoms with Gasteiger partial charge in [0.2, 0.25) is 0 Å². The first-order chi connectivity index (χ1) is 5.41. The highest BCUT2D eigenvalue weighted by molar-refractivity contribution is 9.09. The van der Waals surface area contributed by atoms with Crippen molar-refractivity contribution in [2.75, 3.05) is 5.33 Å². The molecule has 0 aromatic rings. The first-order valence-corrected chi connectivity index (χ1v) is 5.06. The summed E-state index contributed by atoms with van der Waals surface area (Å²) in [5.74, 6) is 0. The molecular formula is C7H14BBrNO. The number of unbranched alkanes of at least 4 members (excludes halogenated alkanes) is 3. The highest BCUT2D eigenvalue weighted by atomic mass is 79.9. The first-order valence-electron chi connectivity index (χ1n) is 3.94. The summed E-state index contributed by atoms with van der Waals surface area (Å²) in [6, 6.07) is 0. The summed E-state index contributed by atoms with van der Waals surface area (Å²) in [5.41, 5.74) is 0. The zero-order chi connectivity index (χ0) is 8.36. The van der Waals surface area contributed by atoms with Gasteiger partial charge in [0.25, 0.3) is 0 Å². The molecule has 2 nitrogen and oxygen atoms in total. The third-order valence-electron chi connectivity index (χ3n) is 1.37. The van der Waals surface area contributed by atoms with Gasteiger partial charge in [0.05, 0.1) is 0 Å². The second-order valence-corrected chi connectivity index (χ2v) is 3.11.